The normalized spacial score (nSPS) is 17.4. The number of carboxylic acid groups (broad SMARTS) is 1. The van der Waals surface area contributed by atoms with Crippen LogP contribution in [0.1, 0.15) is 66.6 Å². The maximum atomic E-state index is 13.7. The van der Waals surface area contributed by atoms with E-state index >= 15 is 0 Å². The molecule has 8 rings (SSSR count). The van der Waals surface area contributed by atoms with Crippen LogP contribution in [0, 0.1) is 0 Å². The van der Waals surface area contributed by atoms with Crippen LogP contribution in [-0.4, -0.2) is 80.8 Å². The molecule has 54 heavy (non-hydrogen) atoms. The Balaban J connectivity index is 0.921. The predicted octanol–water partition coefficient (Wildman–Crippen LogP) is 5.90. The molecule has 2 aliphatic rings. The zero-order valence-electron chi connectivity index (χ0n) is 29.3. The molecule has 2 aliphatic heterocycles. The summed E-state index contributed by atoms with van der Waals surface area (Å²) in [6.45, 7) is 1.20. The second-order valence-electron chi connectivity index (χ2n) is 13.5. The molecule has 4 aromatic heterocycles. The number of rotatable bonds is 10. The van der Waals surface area contributed by atoms with Gasteiger partial charge in [0.05, 0.1) is 42.3 Å². The maximum Gasteiger partial charge on any atom is 0.405 e. The first-order valence-electron chi connectivity index (χ1n) is 18.0. The van der Waals surface area contributed by atoms with Gasteiger partial charge in [0.2, 0.25) is 5.91 Å². The number of hydrogen-bond acceptors (Lipinski definition) is 8. The minimum atomic E-state index is -1.26. The van der Waals surface area contributed by atoms with E-state index in [1.807, 2.05) is 47.4 Å². The van der Waals surface area contributed by atoms with Crippen molar-refractivity contribution in [3.63, 3.8) is 0 Å². The molecule has 2 saturated heterocycles. The monoisotopic (exact) mass is 722 g/mol. The Morgan fingerprint density at radius 3 is 2.00 bits per heavy atom. The Morgan fingerprint density at radius 1 is 0.722 bits per heavy atom. The molecule has 0 aliphatic carbocycles. The van der Waals surface area contributed by atoms with Crippen LogP contribution in [-0.2, 0) is 16.0 Å². The van der Waals surface area contributed by atoms with Gasteiger partial charge in [-0.2, -0.15) is 0 Å². The van der Waals surface area contributed by atoms with E-state index in [4.69, 9.17) is 0 Å². The van der Waals surface area contributed by atoms with Gasteiger partial charge in [0.15, 0.2) is 5.82 Å². The number of pyridine rings is 1. The minimum absolute atomic E-state index is 0.0621. The molecule has 2 fully saturated rings. The predicted molar refractivity (Wildman–Crippen MR) is 198 cm³/mol. The fourth-order valence-corrected chi connectivity index (χ4v) is 7.39. The third-order valence-electron chi connectivity index (χ3n) is 10.1. The lowest BCUT2D eigenvalue weighted by atomic mass is 10.1. The third kappa shape index (κ3) is 7.18. The van der Waals surface area contributed by atoms with Crippen molar-refractivity contribution in [1.82, 2.24) is 50.0 Å². The van der Waals surface area contributed by atoms with Gasteiger partial charge >= 0.3 is 6.09 Å². The first-order valence-corrected chi connectivity index (χ1v) is 18.0. The summed E-state index contributed by atoms with van der Waals surface area (Å²) in [4.78, 5) is 71.5. The Morgan fingerprint density at radius 2 is 1.35 bits per heavy atom. The zero-order valence-corrected chi connectivity index (χ0v) is 29.3. The highest BCUT2D eigenvalue weighted by Crippen LogP contribution is 2.35. The van der Waals surface area contributed by atoms with Gasteiger partial charge in [-0.15, -0.1) is 0 Å². The van der Waals surface area contributed by atoms with Crippen molar-refractivity contribution in [2.24, 2.45) is 0 Å². The summed E-state index contributed by atoms with van der Waals surface area (Å²) in [6, 6.07) is 19.0. The SMILES string of the molecule is O=C(O)N[C@@H](C(=O)N1CCC[C@H]1c1ncc(-c2ccc(-c3ncc(-c4cnc([C@@H]5CCCN5C(=O)Cc5cccnc5)[nH]4)cn3)cc2)[nH]1)c1ccccc1. The van der Waals surface area contributed by atoms with Crippen LogP contribution in [0.2, 0.25) is 0 Å². The van der Waals surface area contributed by atoms with Crippen LogP contribution in [0.3, 0.4) is 0 Å². The molecule has 0 spiro atoms. The molecule has 272 valence electrons. The van der Waals surface area contributed by atoms with Crippen molar-refractivity contribution < 1.29 is 19.5 Å². The lowest BCUT2D eigenvalue weighted by Crippen LogP contribution is -2.42. The Labute approximate surface area is 310 Å². The smallest absolute Gasteiger partial charge is 0.405 e. The Kier molecular flexibility index (Phi) is 9.62. The molecular weight excluding hydrogens is 685 g/mol. The maximum absolute atomic E-state index is 13.7. The van der Waals surface area contributed by atoms with Gasteiger partial charge < -0.3 is 30.2 Å². The number of nitrogens with zero attached hydrogens (tertiary/aromatic N) is 7. The molecule has 3 amide bonds. The first-order chi connectivity index (χ1) is 26.4. The second-order valence-corrected chi connectivity index (χ2v) is 13.5. The highest BCUT2D eigenvalue weighted by atomic mass is 16.4. The largest absolute Gasteiger partial charge is 0.465 e. The van der Waals surface area contributed by atoms with Crippen LogP contribution in [0.4, 0.5) is 4.79 Å². The molecule has 3 atom stereocenters. The van der Waals surface area contributed by atoms with Crippen LogP contribution < -0.4 is 5.32 Å². The fourth-order valence-electron chi connectivity index (χ4n) is 7.39. The summed E-state index contributed by atoms with van der Waals surface area (Å²) in [7, 11) is 0. The van der Waals surface area contributed by atoms with Gasteiger partial charge in [-0.25, -0.2) is 24.7 Å². The molecule has 0 unspecified atom stereocenters. The number of aromatic nitrogens is 7. The first kappa shape index (κ1) is 34.4. The molecule has 4 N–H and O–H groups in total. The number of likely N-dealkylation sites (tertiary alicyclic amines) is 2. The van der Waals surface area contributed by atoms with Gasteiger partial charge in [-0.1, -0.05) is 60.7 Å². The number of imidazole rings is 2. The quantitative estimate of drug-likeness (QED) is 0.134. The van der Waals surface area contributed by atoms with E-state index in [1.165, 1.54) is 0 Å². The van der Waals surface area contributed by atoms with Crippen LogP contribution in [0.25, 0.3) is 33.9 Å². The van der Waals surface area contributed by atoms with Crippen molar-refractivity contribution in [1.29, 1.82) is 0 Å². The fraction of sp³-hybridized carbons (Fsp3) is 0.250. The number of H-pyrrole nitrogens is 2. The van der Waals surface area contributed by atoms with E-state index < -0.39 is 12.1 Å². The van der Waals surface area contributed by atoms with E-state index in [9.17, 15) is 19.5 Å². The van der Waals surface area contributed by atoms with Crippen LogP contribution >= 0.6 is 0 Å². The van der Waals surface area contributed by atoms with Crippen molar-refractivity contribution in [3.8, 4) is 33.9 Å². The average Bonchev–Trinajstić information content (AvgIpc) is 4.04. The van der Waals surface area contributed by atoms with Gasteiger partial charge in [0.1, 0.15) is 17.7 Å². The highest BCUT2D eigenvalue weighted by molar-refractivity contribution is 5.87. The summed E-state index contributed by atoms with van der Waals surface area (Å²) in [6.07, 6.45) is 12.8. The standard InChI is InChI=1S/C40H38N10O4/c51-34(19-25-7-4-16-41-20-25)49-17-5-10-32(49)37-45-24-31(47-37)29-21-42-36(43-22-29)28-14-12-26(13-15-28)30-23-44-38(46-30)33-11-6-18-50(33)39(52)35(48-40(53)54)27-8-2-1-3-9-27/h1-4,7-9,12-16,20-24,32-33,35,48H,5-6,10-11,17-19H2,(H,44,46)(H,45,47)(H,53,54)/t32-,33-,35+/m0/s1. The zero-order chi connectivity index (χ0) is 37.0. The molecule has 0 saturated carbocycles. The van der Waals surface area contributed by atoms with Crippen molar-refractivity contribution >= 4 is 17.9 Å². The summed E-state index contributed by atoms with van der Waals surface area (Å²) in [5.74, 6) is 1.73. The molecule has 2 aromatic carbocycles. The molecular formula is C40H38N10O4. The minimum Gasteiger partial charge on any atom is -0.465 e. The second kappa shape index (κ2) is 15.1. The summed E-state index contributed by atoms with van der Waals surface area (Å²) < 4.78 is 0. The molecule has 0 bridgehead atoms. The Hall–Kier alpha value is -6.70. The number of aromatic amines is 2. The molecule has 6 heterocycles. The molecule has 6 aromatic rings. The van der Waals surface area contributed by atoms with Gasteiger partial charge in [0, 0.05) is 49.0 Å². The number of carbonyl (C=O) groups is 3. The molecule has 0 radical (unpaired) electrons. The van der Waals surface area contributed by atoms with E-state index in [0.29, 0.717) is 43.1 Å². The van der Waals surface area contributed by atoms with E-state index in [2.05, 4.69) is 40.2 Å². The lowest BCUT2D eigenvalue weighted by molar-refractivity contribution is -0.134. The van der Waals surface area contributed by atoms with Crippen LogP contribution in [0.5, 0.6) is 0 Å². The third-order valence-corrected chi connectivity index (χ3v) is 10.1. The molecule has 14 nitrogen and oxygen atoms in total. The number of hydrogen-bond donors (Lipinski definition) is 4. The van der Waals surface area contributed by atoms with Crippen molar-refractivity contribution in [2.75, 3.05) is 13.1 Å². The van der Waals surface area contributed by atoms with Crippen LogP contribution in [0.15, 0.2) is 104 Å². The van der Waals surface area contributed by atoms with E-state index in [1.54, 1.807) is 66.3 Å². The highest BCUT2D eigenvalue weighted by Gasteiger charge is 2.37. The number of carbonyl (C=O) groups excluding carboxylic acids is 2. The number of nitrogens with one attached hydrogen (secondary N) is 3. The Bertz CT molecular complexity index is 2240. The van der Waals surface area contributed by atoms with Crippen molar-refractivity contribution in [3.05, 3.63) is 127 Å². The summed E-state index contributed by atoms with van der Waals surface area (Å²) >= 11 is 0. The summed E-state index contributed by atoms with van der Waals surface area (Å²) in [5, 5.41) is 11.9. The number of amides is 3. The number of benzene rings is 2. The van der Waals surface area contributed by atoms with Gasteiger partial charge in [-0.05, 0) is 48.4 Å². The molecule has 14 heteroatoms. The average molecular weight is 723 g/mol. The van der Waals surface area contributed by atoms with Gasteiger partial charge in [-0.3, -0.25) is 14.6 Å². The van der Waals surface area contributed by atoms with Crippen molar-refractivity contribution in [2.45, 2.75) is 50.2 Å². The van der Waals surface area contributed by atoms with E-state index in [-0.39, 0.29) is 23.9 Å². The summed E-state index contributed by atoms with van der Waals surface area (Å²) in [5.41, 5.74) is 5.60. The lowest BCUT2D eigenvalue weighted by Gasteiger charge is -2.28. The topological polar surface area (TPSA) is 186 Å². The van der Waals surface area contributed by atoms with E-state index in [0.717, 1.165) is 58.7 Å². The van der Waals surface area contributed by atoms with Gasteiger partial charge in [0.25, 0.3) is 5.91 Å².